The van der Waals surface area contributed by atoms with E-state index >= 15 is 0 Å². The summed E-state index contributed by atoms with van der Waals surface area (Å²) in [6, 6.07) is 13.5. The van der Waals surface area contributed by atoms with E-state index in [9.17, 15) is 8.42 Å². The van der Waals surface area contributed by atoms with Crippen molar-refractivity contribution in [2.45, 2.75) is 43.5 Å². The van der Waals surface area contributed by atoms with E-state index in [0.29, 0.717) is 16.7 Å². The molecule has 1 heterocycles. The molecule has 1 atom stereocenters. The van der Waals surface area contributed by atoms with Crippen LogP contribution in [0.2, 0.25) is 0 Å². The van der Waals surface area contributed by atoms with Gasteiger partial charge in [0.1, 0.15) is 4.21 Å². The van der Waals surface area contributed by atoms with E-state index < -0.39 is 10.0 Å². The highest BCUT2D eigenvalue weighted by molar-refractivity contribution is 7.91. The first-order valence-electron chi connectivity index (χ1n) is 7.60. The number of hydrogen-bond donors (Lipinski definition) is 0. The molecule has 0 spiro atoms. The Labute approximate surface area is 136 Å². The predicted octanol–water partition coefficient (Wildman–Crippen LogP) is 4.05. The van der Waals surface area contributed by atoms with Crippen LogP contribution < -0.4 is 0 Å². The van der Waals surface area contributed by atoms with Crippen LogP contribution in [-0.2, 0) is 16.6 Å². The van der Waals surface area contributed by atoms with Gasteiger partial charge in [-0.1, -0.05) is 30.3 Å². The standard InChI is InChI=1S/C17H21NO2S2/c1-13-8-11-17(21-13)22(19,20)18(14(2)16-9-10-16)12-15-6-4-3-5-7-15/h3-8,11,14,16H,9-10,12H2,1-2H3/t14-/m0/s1. The van der Waals surface area contributed by atoms with Crippen LogP contribution in [0.3, 0.4) is 0 Å². The van der Waals surface area contributed by atoms with E-state index in [-0.39, 0.29) is 6.04 Å². The average Bonchev–Trinajstić information content (AvgIpc) is 3.26. The van der Waals surface area contributed by atoms with Gasteiger partial charge in [0.05, 0.1) is 0 Å². The molecule has 118 valence electrons. The average molecular weight is 335 g/mol. The molecule has 0 aliphatic heterocycles. The van der Waals surface area contributed by atoms with Gasteiger partial charge < -0.3 is 0 Å². The minimum Gasteiger partial charge on any atom is -0.206 e. The van der Waals surface area contributed by atoms with Crippen molar-refractivity contribution >= 4 is 21.4 Å². The van der Waals surface area contributed by atoms with E-state index in [1.54, 1.807) is 10.4 Å². The SMILES string of the molecule is Cc1ccc(S(=O)(=O)N(Cc2ccccc2)[C@@H](C)C2CC2)s1. The van der Waals surface area contributed by atoms with Crippen LogP contribution in [0, 0.1) is 12.8 Å². The number of thiophene rings is 1. The second-order valence-electron chi connectivity index (χ2n) is 5.98. The molecule has 2 aromatic rings. The first kappa shape index (κ1) is 15.7. The topological polar surface area (TPSA) is 37.4 Å². The fourth-order valence-electron chi connectivity index (χ4n) is 2.69. The lowest BCUT2D eigenvalue weighted by molar-refractivity contribution is 0.304. The van der Waals surface area contributed by atoms with Crippen molar-refractivity contribution in [3.8, 4) is 0 Å². The fraction of sp³-hybridized carbons (Fsp3) is 0.412. The fourth-order valence-corrected chi connectivity index (χ4v) is 5.78. The molecular weight excluding hydrogens is 314 g/mol. The Morgan fingerprint density at radius 1 is 1.18 bits per heavy atom. The highest BCUT2D eigenvalue weighted by Gasteiger charge is 2.38. The smallest absolute Gasteiger partial charge is 0.206 e. The molecule has 0 amide bonds. The summed E-state index contributed by atoms with van der Waals surface area (Å²) in [5.41, 5.74) is 1.03. The third kappa shape index (κ3) is 3.26. The predicted molar refractivity (Wildman–Crippen MR) is 90.4 cm³/mol. The summed E-state index contributed by atoms with van der Waals surface area (Å²) in [7, 11) is -3.43. The van der Waals surface area contributed by atoms with Crippen LogP contribution in [0.15, 0.2) is 46.7 Å². The normalized spacial score (nSPS) is 16.9. The Balaban J connectivity index is 1.94. The number of hydrogen-bond acceptors (Lipinski definition) is 3. The summed E-state index contributed by atoms with van der Waals surface area (Å²) in [6.07, 6.45) is 2.26. The van der Waals surface area contributed by atoms with Crippen LogP contribution in [0.25, 0.3) is 0 Å². The summed E-state index contributed by atoms with van der Waals surface area (Å²) < 4.78 is 28.3. The largest absolute Gasteiger partial charge is 0.253 e. The molecule has 22 heavy (non-hydrogen) atoms. The number of rotatable bonds is 6. The van der Waals surface area contributed by atoms with Crippen molar-refractivity contribution in [1.29, 1.82) is 0 Å². The van der Waals surface area contributed by atoms with Gasteiger partial charge in [0.2, 0.25) is 0 Å². The van der Waals surface area contributed by atoms with Crippen LogP contribution in [0.4, 0.5) is 0 Å². The van der Waals surface area contributed by atoms with Crippen molar-refractivity contribution in [3.63, 3.8) is 0 Å². The quantitative estimate of drug-likeness (QED) is 0.799. The molecule has 1 fully saturated rings. The summed E-state index contributed by atoms with van der Waals surface area (Å²) in [5, 5.41) is 0. The van der Waals surface area contributed by atoms with Crippen molar-refractivity contribution < 1.29 is 8.42 Å². The van der Waals surface area contributed by atoms with Gasteiger partial charge in [-0.25, -0.2) is 8.42 Å². The third-order valence-electron chi connectivity index (χ3n) is 4.22. The summed E-state index contributed by atoms with van der Waals surface area (Å²) in [4.78, 5) is 1.03. The number of aryl methyl sites for hydroxylation is 1. The third-order valence-corrected chi connectivity index (χ3v) is 7.62. The summed E-state index contributed by atoms with van der Waals surface area (Å²) >= 11 is 1.35. The summed E-state index contributed by atoms with van der Waals surface area (Å²) in [6.45, 7) is 4.42. The van der Waals surface area contributed by atoms with Crippen molar-refractivity contribution in [2.75, 3.05) is 0 Å². The van der Waals surface area contributed by atoms with Crippen LogP contribution >= 0.6 is 11.3 Å². The van der Waals surface area contributed by atoms with Gasteiger partial charge in [-0.15, -0.1) is 11.3 Å². The molecule has 1 aromatic carbocycles. The summed E-state index contributed by atoms with van der Waals surface area (Å²) in [5.74, 6) is 0.500. The molecule has 1 aliphatic rings. The highest BCUT2D eigenvalue weighted by Crippen LogP contribution is 2.38. The zero-order chi connectivity index (χ0) is 15.7. The molecule has 0 radical (unpaired) electrons. The number of nitrogens with zero attached hydrogens (tertiary/aromatic N) is 1. The van der Waals surface area contributed by atoms with Gasteiger partial charge in [0, 0.05) is 17.5 Å². The minimum atomic E-state index is -3.43. The molecule has 0 unspecified atom stereocenters. The molecule has 3 nitrogen and oxygen atoms in total. The van der Waals surface area contributed by atoms with E-state index in [2.05, 4.69) is 0 Å². The Bertz CT molecular complexity index is 733. The number of benzene rings is 1. The molecular formula is C17H21NO2S2. The Morgan fingerprint density at radius 2 is 1.86 bits per heavy atom. The molecule has 1 aromatic heterocycles. The lowest BCUT2D eigenvalue weighted by Gasteiger charge is -2.28. The zero-order valence-corrected chi connectivity index (χ0v) is 14.5. The van der Waals surface area contributed by atoms with Gasteiger partial charge in [0.25, 0.3) is 10.0 Å². The van der Waals surface area contributed by atoms with Gasteiger partial charge in [-0.3, -0.25) is 0 Å². The molecule has 0 N–H and O–H groups in total. The Hall–Kier alpha value is -1.17. The monoisotopic (exact) mass is 335 g/mol. The zero-order valence-electron chi connectivity index (χ0n) is 12.9. The maximum atomic E-state index is 13.1. The second-order valence-corrected chi connectivity index (χ2v) is 9.38. The Kier molecular flexibility index (Phi) is 4.39. The lowest BCUT2D eigenvalue weighted by atomic mass is 10.2. The highest BCUT2D eigenvalue weighted by atomic mass is 32.2. The molecule has 3 rings (SSSR count). The van der Waals surface area contributed by atoms with Crippen LogP contribution in [0.1, 0.15) is 30.2 Å². The molecule has 5 heteroatoms. The van der Waals surface area contributed by atoms with Gasteiger partial charge in [0.15, 0.2) is 0 Å². The molecule has 0 bridgehead atoms. The van der Waals surface area contributed by atoms with Crippen molar-refractivity contribution in [2.24, 2.45) is 5.92 Å². The van der Waals surface area contributed by atoms with E-state index in [0.717, 1.165) is 23.3 Å². The van der Waals surface area contributed by atoms with Crippen molar-refractivity contribution in [1.82, 2.24) is 4.31 Å². The minimum absolute atomic E-state index is 0.0487. The molecule has 1 aliphatic carbocycles. The van der Waals surface area contributed by atoms with E-state index in [1.807, 2.05) is 50.2 Å². The van der Waals surface area contributed by atoms with Crippen LogP contribution in [0.5, 0.6) is 0 Å². The van der Waals surface area contributed by atoms with Crippen molar-refractivity contribution in [3.05, 3.63) is 52.9 Å². The van der Waals surface area contributed by atoms with Gasteiger partial charge >= 0.3 is 0 Å². The van der Waals surface area contributed by atoms with E-state index in [4.69, 9.17) is 0 Å². The second kappa shape index (κ2) is 6.14. The molecule has 1 saturated carbocycles. The lowest BCUT2D eigenvalue weighted by Crippen LogP contribution is -2.39. The van der Waals surface area contributed by atoms with E-state index in [1.165, 1.54) is 11.3 Å². The van der Waals surface area contributed by atoms with Gasteiger partial charge in [-0.2, -0.15) is 4.31 Å². The molecule has 0 saturated heterocycles. The number of sulfonamides is 1. The van der Waals surface area contributed by atoms with Crippen LogP contribution in [-0.4, -0.2) is 18.8 Å². The maximum absolute atomic E-state index is 13.1. The van der Waals surface area contributed by atoms with Gasteiger partial charge in [-0.05, 0) is 50.3 Å². The maximum Gasteiger partial charge on any atom is 0.253 e. The Morgan fingerprint density at radius 3 is 2.41 bits per heavy atom. The first-order valence-corrected chi connectivity index (χ1v) is 9.86. The first-order chi connectivity index (χ1) is 10.5.